The van der Waals surface area contributed by atoms with E-state index < -0.39 is 5.50 Å². The van der Waals surface area contributed by atoms with Gasteiger partial charge in [-0.2, -0.15) is 0 Å². The molecule has 0 aliphatic rings. The van der Waals surface area contributed by atoms with E-state index in [2.05, 4.69) is 16.7 Å². The van der Waals surface area contributed by atoms with E-state index in [4.69, 9.17) is 16.7 Å². The maximum absolute atomic E-state index is 9.01. The molecule has 1 aromatic rings. The summed E-state index contributed by atoms with van der Waals surface area (Å²) in [6, 6.07) is 1.82. The number of aliphatic hydroxyl groups excluding tert-OH is 1. The van der Waals surface area contributed by atoms with E-state index in [1.54, 1.807) is 7.05 Å². The maximum Gasteiger partial charge on any atom is 0.157 e. The van der Waals surface area contributed by atoms with Crippen LogP contribution in [0.3, 0.4) is 0 Å². The van der Waals surface area contributed by atoms with Crippen LogP contribution >= 0.6 is 22.9 Å². The Balaban J connectivity index is 3.21. The summed E-state index contributed by atoms with van der Waals surface area (Å²) >= 11 is 7.33. The van der Waals surface area contributed by atoms with Gasteiger partial charge in [0, 0.05) is 17.5 Å². The average Bonchev–Trinajstić information content (AvgIpc) is 2.26. The first-order valence-electron chi connectivity index (χ1n) is 3.98. The van der Waals surface area contributed by atoms with Gasteiger partial charge in [0.15, 0.2) is 5.50 Å². The monoisotopic (exact) mass is 230 g/mol. The van der Waals surface area contributed by atoms with Crippen molar-refractivity contribution in [2.75, 3.05) is 7.05 Å². The van der Waals surface area contributed by atoms with E-state index in [0.717, 1.165) is 15.8 Å². The summed E-state index contributed by atoms with van der Waals surface area (Å²) < 4.78 is 0. The van der Waals surface area contributed by atoms with Crippen molar-refractivity contribution in [2.24, 2.45) is 9.98 Å². The van der Waals surface area contributed by atoms with Crippen molar-refractivity contribution in [1.29, 1.82) is 0 Å². The molecule has 5 heteroatoms. The lowest BCUT2D eigenvalue weighted by molar-refractivity contribution is 0.280. The molecule has 0 saturated heterocycles. The molecular formula is C9H11ClN2OS. The lowest BCUT2D eigenvalue weighted by Crippen LogP contribution is -2.09. The highest BCUT2D eigenvalue weighted by molar-refractivity contribution is 7.10. The van der Waals surface area contributed by atoms with Crippen molar-refractivity contribution in [1.82, 2.24) is 0 Å². The highest BCUT2D eigenvalue weighted by Gasteiger charge is 2.06. The van der Waals surface area contributed by atoms with E-state index in [-0.39, 0.29) is 6.61 Å². The van der Waals surface area contributed by atoms with Crippen LogP contribution in [0.15, 0.2) is 21.4 Å². The highest BCUT2D eigenvalue weighted by atomic mass is 35.5. The summed E-state index contributed by atoms with van der Waals surface area (Å²) in [7, 11) is 1.67. The molecular weight excluding hydrogens is 220 g/mol. The Morgan fingerprint density at radius 1 is 1.71 bits per heavy atom. The number of alkyl halides is 1. The van der Waals surface area contributed by atoms with Gasteiger partial charge in [-0.15, -0.1) is 11.3 Å². The van der Waals surface area contributed by atoms with Gasteiger partial charge in [0.05, 0.1) is 12.0 Å². The Morgan fingerprint density at radius 2 is 2.43 bits per heavy atom. The molecule has 14 heavy (non-hydrogen) atoms. The van der Waals surface area contributed by atoms with Gasteiger partial charge < -0.3 is 5.11 Å². The Morgan fingerprint density at radius 3 is 2.93 bits per heavy atom. The Kier molecular flexibility index (Phi) is 4.25. The smallest absolute Gasteiger partial charge is 0.157 e. The molecule has 1 atom stereocenters. The molecule has 0 spiro atoms. The van der Waals surface area contributed by atoms with Crippen LogP contribution in [0, 0.1) is 0 Å². The van der Waals surface area contributed by atoms with Gasteiger partial charge in [-0.25, -0.2) is 0 Å². The number of hydrogen-bond donors (Lipinski definition) is 1. The Bertz CT molecular complexity index is 389. The molecule has 1 rings (SSSR count). The number of rotatable bonds is 3. The molecule has 3 nitrogen and oxygen atoms in total. The van der Waals surface area contributed by atoms with Crippen LogP contribution in [0.5, 0.6) is 0 Å². The molecule has 0 saturated carbocycles. The van der Waals surface area contributed by atoms with E-state index >= 15 is 0 Å². The highest BCUT2D eigenvalue weighted by Crippen LogP contribution is 2.23. The van der Waals surface area contributed by atoms with Crippen LogP contribution in [-0.4, -0.2) is 18.9 Å². The topological polar surface area (TPSA) is 45.0 Å². The zero-order valence-corrected chi connectivity index (χ0v) is 9.35. The van der Waals surface area contributed by atoms with Crippen molar-refractivity contribution in [3.63, 3.8) is 0 Å². The summed E-state index contributed by atoms with van der Waals surface area (Å²) in [5, 5.41) is 11.6. The summed E-state index contributed by atoms with van der Waals surface area (Å²) in [6.07, 6.45) is 0. The fourth-order valence-electron chi connectivity index (χ4n) is 1.00. The van der Waals surface area contributed by atoms with Crippen molar-refractivity contribution < 1.29 is 5.11 Å². The second-order valence-corrected chi connectivity index (χ2v) is 3.95. The molecule has 0 aromatic carbocycles. The Hall–Kier alpha value is -0.710. The van der Waals surface area contributed by atoms with Crippen molar-refractivity contribution in [3.8, 4) is 0 Å². The number of aliphatic hydroxyl groups is 1. The molecule has 1 heterocycles. The van der Waals surface area contributed by atoms with E-state index in [9.17, 15) is 0 Å². The fraction of sp³-hybridized carbons (Fsp3) is 0.333. The van der Waals surface area contributed by atoms with Crippen molar-refractivity contribution >= 4 is 29.7 Å². The maximum atomic E-state index is 9.01. The summed E-state index contributed by atoms with van der Waals surface area (Å²) in [6.45, 7) is 3.36. The van der Waals surface area contributed by atoms with Crippen LogP contribution in [0.2, 0.25) is 0 Å². The van der Waals surface area contributed by atoms with E-state index in [0.29, 0.717) is 0 Å². The van der Waals surface area contributed by atoms with Crippen LogP contribution in [0.4, 0.5) is 0 Å². The van der Waals surface area contributed by atoms with Gasteiger partial charge >= 0.3 is 0 Å². The lowest BCUT2D eigenvalue weighted by atomic mass is 10.3. The Labute approximate surface area is 91.4 Å². The fourth-order valence-corrected chi connectivity index (χ4v) is 2.06. The zero-order valence-electron chi connectivity index (χ0n) is 7.77. The molecule has 0 fully saturated rings. The van der Waals surface area contributed by atoms with Gasteiger partial charge in [-0.1, -0.05) is 11.6 Å². The molecule has 0 radical (unpaired) electrons. The molecule has 1 aromatic heterocycles. The van der Waals surface area contributed by atoms with Gasteiger partial charge in [-0.3, -0.25) is 9.98 Å². The van der Waals surface area contributed by atoms with E-state index in [1.165, 1.54) is 11.3 Å². The van der Waals surface area contributed by atoms with Crippen molar-refractivity contribution in [2.45, 2.75) is 12.1 Å². The minimum atomic E-state index is -0.437. The quantitative estimate of drug-likeness (QED) is 0.480. The third-order valence-corrected chi connectivity index (χ3v) is 3.27. The SMILES string of the molecule is C=NC(Cl)c1cc(=NC)c(CO)cs1. The van der Waals surface area contributed by atoms with E-state index in [1.807, 2.05) is 11.4 Å². The molecule has 0 aliphatic heterocycles. The minimum absolute atomic E-state index is 0.0159. The molecule has 76 valence electrons. The lowest BCUT2D eigenvalue weighted by Gasteiger charge is -2.04. The van der Waals surface area contributed by atoms with Crippen LogP contribution in [-0.2, 0) is 6.61 Å². The summed E-state index contributed by atoms with van der Waals surface area (Å²) in [4.78, 5) is 8.63. The predicted molar refractivity (Wildman–Crippen MR) is 59.9 cm³/mol. The molecule has 1 unspecified atom stereocenters. The van der Waals surface area contributed by atoms with Gasteiger partial charge in [-0.05, 0) is 18.2 Å². The molecule has 0 aliphatic carbocycles. The second-order valence-electron chi connectivity index (χ2n) is 2.59. The number of aliphatic imine (C=N–C) groups is 1. The summed E-state index contributed by atoms with van der Waals surface area (Å²) in [5.41, 5.74) is 0.363. The number of hydrogen-bond acceptors (Lipinski definition) is 4. The summed E-state index contributed by atoms with van der Waals surface area (Å²) in [5.74, 6) is 0. The number of halogens is 1. The normalized spacial score (nSPS) is 14.1. The van der Waals surface area contributed by atoms with Crippen LogP contribution in [0.25, 0.3) is 0 Å². The largest absolute Gasteiger partial charge is 0.392 e. The zero-order chi connectivity index (χ0) is 10.6. The average molecular weight is 231 g/mol. The molecule has 1 N–H and O–H groups in total. The van der Waals surface area contributed by atoms with Gasteiger partial charge in [0.1, 0.15) is 0 Å². The van der Waals surface area contributed by atoms with Gasteiger partial charge in [0.2, 0.25) is 0 Å². The number of nitrogens with zero attached hydrogens (tertiary/aromatic N) is 2. The minimum Gasteiger partial charge on any atom is -0.392 e. The first-order valence-corrected chi connectivity index (χ1v) is 5.29. The van der Waals surface area contributed by atoms with Crippen LogP contribution in [0.1, 0.15) is 15.9 Å². The second kappa shape index (κ2) is 5.24. The molecule has 0 bridgehead atoms. The van der Waals surface area contributed by atoms with Gasteiger partial charge in [0.25, 0.3) is 0 Å². The molecule has 0 amide bonds. The first kappa shape index (κ1) is 11.4. The first-order chi connectivity index (χ1) is 6.72. The van der Waals surface area contributed by atoms with Crippen LogP contribution < -0.4 is 5.36 Å². The predicted octanol–water partition coefficient (Wildman–Crippen LogP) is 1.71. The van der Waals surface area contributed by atoms with Crippen molar-refractivity contribution in [3.05, 3.63) is 27.2 Å². The standard InChI is InChI=1S/C9H11ClN2OS/c1-11-7-3-8(9(10)12-2)14-5-6(7)4-13/h3,5,9,13H,2,4H2,1H3. The third-order valence-electron chi connectivity index (χ3n) is 1.75. The third kappa shape index (κ3) is 2.41.